The van der Waals surface area contributed by atoms with Crippen molar-refractivity contribution in [2.75, 3.05) is 26.7 Å². The number of nitrogens with one attached hydrogen (secondary N) is 1. The summed E-state index contributed by atoms with van der Waals surface area (Å²) in [6.07, 6.45) is 0.208. The van der Waals surface area contributed by atoms with Gasteiger partial charge < -0.3 is 19.5 Å². The summed E-state index contributed by atoms with van der Waals surface area (Å²) in [5, 5.41) is 3.10. The predicted molar refractivity (Wildman–Crippen MR) is 89.8 cm³/mol. The molecular weight excluding hydrogens is 341 g/mol. The van der Waals surface area contributed by atoms with Crippen LogP contribution in [0.4, 0.5) is 4.39 Å². The Bertz CT molecular complexity index is 903. The molecule has 7 nitrogen and oxygen atoms in total. The highest BCUT2D eigenvalue weighted by molar-refractivity contribution is 5.97. The minimum atomic E-state index is -0.389. The number of hydrogen-bond acceptors (Lipinski definition) is 4. The Morgan fingerprint density at radius 3 is 2.73 bits per heavy atom. The summed E-state index contributed by atoms with van der Waals surface area (Å²) in [6, 6.07) is 5.53. The van der Waals surface area contributed by atoms with Crippen molar-refractivity contribution in [3.63, 3.8) is 0 Å². The number of carbonyl (C=O) groups is 3. The van der Waals surface area contributed by atoms with Crippen molar-refractivity contribution in [1.29, 1.82) is 0 Å². The maximum Gasteiger partial charge on any atom is 0.289 e. The number of benzene rings is 1. The first-order valence-electron chi connectivity index (χ1n) is 8.45. The average Bonchev–Trinajstić information content (AvgIpc) is 3.16. The number of nitrogens with zero attached hydrogens (tertiary/aromatic N) is 2. The smallest absolute Gasteiger partial charge is 0.289 e. The lowest BCUT2D eigenvalue weighted by atomic mass is 10.1. The van der Waals surface area contributed by atoms with Crippen LogP contribution in [-0.2, 0) is 9.59 Å². The molecule has 0 radical (unpaired) electrons. The molecule has 1 aromatic heterocycles. The van der Waals surface area contributed by atoms with E-state index in [0.29, 0.717) is 30.6 Å². The third-order valence-corrected chi connectivity index (χ3v) is 5.06. The zero-order chi connectivity index (χ0) is 18.4. The quantitative estimate of drug-likeness (QED) is 0.886. The van der Waals surface area contributed by atoms with Crippen LogP contribution in [0.25, 0.3) is 11.0 Å². The van der Waals surface area contributed by atoms with Crippen LogP contribution in [0.2, 0.25) is 0 Å². The Kier molecular flexibility index (Phi) is 3.90. The highest BCUT2D eigenvalue weighted by Gasteiger charge is 2.43. The van der Waals surface area contributed by atoms with E-state index in [-0.39, 0.29) is 47.7 Å². The zero-order valence-electron chi connectivity index (χ0n) is 14.2. The van der Waals surface area contributed by atoms with Gasteiger partial charge in [0.05, 0.1) is 12.0 Å². The fourth-order valence-electron chi connectivity index (χ4n) is 3.56. The van der Waals surface area contributed by atoms with Crippen LogP contribution in [0.5, 0.6) is 0 Å². The second kappa shape index (κ2) is 6.12. The van der Waals surface area contributed by atoms with Gasteiger partial charge in [-0.25, -0.2) is 4.39 Å². The number of amides is 3. The van der Waals surface area contributed by atoms with Crippen LogP contribution in [0.1, 0.15) is 17.0 Å². The molecule has 2 aliphatic rings. The Balaban J connectivity index is 1.40. The first-order valence-corrected chi connectivity index (χ1v) is 8.45. The van der Waals surface area contributed by atoms with E-state index in [1.165, 1.54) is 24.3 Å². The van der Waals surface area contributed by atoms with Crippen molar-refractivity contribution < 1.29 is 23.2 Å². The van der Waals surface area contributed by atoms with E-state index in [4.69, 9.17) is 4.42 Å². The maximum absolute atomic E-state index is 13.3. The Labute approximate surface area is 148 Å². The topological polar surface area (TPSA) is 82.9 Å². The molecule has 0 spiro atoms. The molecular formula is C18H18FN3O4. The van der Waals surface area contributed by atoms with E-state index in [2.05, 4.69) is 5.32 Å². The van der Waals surface area contributed by atoms with Crippen LogP contribution >= 0.6 is 0 Å². The largest absolute Gasteiger partial charge is 0.451 e. The van der Waals surface area contributed by atoms with Gasteiger partial charge in [-0.15, -0.1) is 0 Å². The van der Waals surface area contributed by atoms with Crippen molar-refractivity contribution in [1.82, 2.24) is 15.1 Å². The number of carbonyl (C=O) groups excluding carboxylic acids is 3. The van der Waals surface area contributed by atoms with Gasteiger partial charge >= 0.3 is 0 Å². The van der Waals surface area contributed by atoms with E-state index in [1.807, 2.05) is 0 Å². The van der Waals surface area contributed by atoms with Crippen molar-refractivity contribution in [3.8, 4) is 0 Å². The van der Waals surface area contributed by atoms with Gasteiger partial charge in [0.25, 0.3) is 5.91 Å². The number of halogens is 1. The fourth-order valence-corrected chi connectivity index (χ4v) is 3.56. The van der Waals surface area contributed by atoms with Gasteiger partial charge in [-0.2, -0.15) is 0 Å². The van der Waals surface area contributed by atoms with Crippen molar-refractivity contribution in [2.24, 2.45) is 5.92 Å². The molecule has 2 saturated heterocycles. The highest BCUT2D eigenvalue weighted by atomic mass is 19.1. The Morgan fingerprint density at radius 2 is 2.00 bits per heavy atom. The first-order chi connectivity index (χ1) is 12.5. The summed E-state index contributed by atoms with van der Waals surface area (Å²) in [5.41, 5.74) is 0.454. The number of furan rings is 1. The van der Waals surface area contributed by atoms with E-state index >= 15 is 0 Å². The first kappa shape index (κ1) is 16.6. The van der Waals surface area contributed by atoms with Gasteiger partial charge in [0.15, 0.2) is 5.76 Å². The van der Waals surface area contributed by atoms with Crippen LogP contribution in [0.3, 0.4) is 0 Å². The van der Waals surface area contributed by atoms with Gasteiger partial charge in [0.2, 0.25) is 11.8 Å². The summed E-state index contributed by atoms with van der Waals surface area (Å²) in [6.45, 7) is 1.18. The minimum absolute atomic E-state index is 0.0603. The van der Waals surface area contributed by atoms with E-state index in [9.17, 15) is 18.8 Å². The monoisotopic (exact) mass is 359 g/mol. The summed E-state index contributed by atoms with van der Waals surface area (Å²) < 4.78 is 18.7. The van der Waals surface area contributed by atoms with Gasteiger partial charge in [0.1, 0.15) is 11.4 Å². The van der Waals surface area contributed by atoms with Crippen LogP contribution in [-0.4, -0.2) is 60.2 Å². The predicted octanol–water partition coefficient (Wildman–Crippen LogP) is 0.991. The fraction of sp³-hybridized carbons (Fsp3) is 0.389. The molecule has 136 valence electrons. The molecule has 0 aliphatic carbocycles. The molecule has 26 heavy (non-hydrogen) atoms. The molecule has 1 atom stereocenters. The molecule has 1 N–H and O–H groups in total. The highest BCUT2D eigenvalue weighted by Crippen LogP contribution is 2.27. The van der Waals surface area contributed by atoms with E-state index < -0.39 is 0 Å². The molecule has 0 saturated carbocycles. The summed E-state index contributed by atoms with van der Waals surface area (Å²) in [7, 11) is 1.55. The Morgan fingerprint density at radius 1 is 1.23 bits per heavy atom. The molecule has 0 bridgehead atoms. The lowest BCUT2D eigenvalue weighted by Gasteiger charge is -2.43. The second-order valence-corrected chi connectivity index (χ2v) is 6.72. The van der Waals surface area contributed by atoms with Crippen molar-refractivity contribution in [2.45, 2.75) is 12.5 Å². The SMILES string of the molecule is CNC(=O)[C@H]1CC(=O)N(C2CN(C(=O)c3cc4cc(F)ccc4o3)C2)C1. The number of hydrogen-bond donors (Lipinski definition) is 1. The summed E-state index contributed by atoms with van der Waals surface area (Å²) in [4.78, 5) is 39.6. The molecule has 2 aliphatic heterocycles. The maximum atomic E-state index is 13.3. The minimum Gasteiger partial charge on any atom is -0.451 e. The molecule has 0 unspecified atom stereocenters. The third-order valence-electron chi connectivity index (χ3n) is 5.06. The van der Waals surface area contributed by atoms with Gasteiger partial charge in [0, 0.05) is 38.5 Å². The lowest BCUT2D eigenvalue weighted by molar-refractivity contribution is -0.132. The van der Waals surface area contributed by atoms with E-state index in [0.717, 1.165) is 0 Å². The lowest BCUT2D eigenvalue weighted by Crippen LogP contribution is -2.61. The van der Waals surface area contributed by atoms with Crippen molar-refractivity contribution in [3.05, 3.63) is 35.8 Å². The molecule has 1 aromatic carbocycles. The Hall–Kier alpha value is -2.90. The molecule has 3 amide bonds. The van der Waals surface area contributed by atoms with E-state index in [1.54, 1.807) is 16.8 Å². The molecule has 4 rings (SSSR count). The summed E-state index contributed by atoms with van der Waals surface area (Å²) >= 11 is 0. The molecule has 8 heteroatoms. The standard InChI is InChI=1S/C18H18FN3O4/c1-20-17(24)11-6-16(23)22(7-11)13-8-21(9-13)18(25)15-5-10-4-12(19)2-3-14(10)26-15/h2-5,11,13H,6-9H2,1H3,(H,20,24)/t11-/m0/s1. The summed E-state index contributed by atoms with van der Waals surface area (Å²) in [5.74, 6) is -1.05. The van der Waals surface area contributed by atoms with Crippen molar-refractivity contribution >= 4 is 28.7 Å². The number of likely N-dealkylation sites (tertiary alicyclic amines) is 2. The molecule has 2 fully saturated rings. The zero-order valence-corrected chi connectivity index (χ0v) is 14.2. The molecule has 3 heterocycles. The normalized spacial score (nSPS) is 20.5. The van der Waals surface area contributed by atoms with Crippen LogP contribution in [0, 0.1) is 11.7 Å². The number of rotatable bonds is 3. The van der Waals surface area contributed by atoms with Crippen LogP contribution < -0.4 is 5.32 Å². The third kappa shape index (κ3) is 2.71. The van der Waals surface area contributed by atoms with Gasteiger partial charge in [-0.05, 0) is 24.3 Å². The second-order valence-electron chi connectivity index (χ2n) is 6.72. The average molecular weight is 359 g/mol. The number of fused-ring (bicyclic) bond motifs is 1. The van der Waals surface area contributed by atoms with Crippen LogP contribution in [0.15, 0.2) is 28.7 Å². The van der Waals surface area contributed by atoms with Gasteiger partial charge in [-0.3, -0.25) is 14.4 Å². The van der Waals surface area contributed by atoms with Gasteiger partial charge in [-0.1, -0.05) is 0 Å². The molecule has 2 aromatic rings.